The van der Waals surface area contributed by atoms with Crippen molar-refractivity contribution in [2.24, 2.45) is 0 Å². The van der Waals surface area contributed by atoms with E-state index in [-0.39, 0.29) is 23.5 Å². The van der Waals surface area contributed by atoms with Crippen LogP contribution in [0.15, 0.2) is 60.0 Å². The van der Waals surface area contributed by atoms with Gasteiger partial charge in [-0.2, -0.15) is 0 Å². The molecule has 204 valence electrons. The molecule has 0 aliphatic carbocycles. The number of benzene rings is 2. The Morgan fingerprint density at radius 1 is 0.769 bits per heavy atom. The average molecular weight is 550 g/mol. The molecule has 3 heterocycles. The van der Waals surface area contributed by atoms with Crippen LogP contribution in [-0.4, -0.2) is 66.9 Å². The summed E-state index contributed by atoms with van der Waals surface area (Å²) in [5.74, 6) is -0.731. The number of carbonyl (C=O) groups is 3. The highest BCUT2D eigenvalue weighted by Crippen LogP contribution is 2.29. The topological polar surface area (TPSA) is 85.0 Å². The molecule has 2 aliphatic heterocycles. The van der Waals surface area contributed by atoms with Gasteiger partial charge in [0.15, 0.2) is 0 Å². The van der Waals surface area contributed by atoms with Gasteiger partial charge in [0.25, 0.3) is 11.8 Å². The Morgan fingerprint density at radius 3 is 2.33 bits per heavy atom. The molecule has 2 saturated heterocycles. The fraction of sp³-hybridized carbons (Fsp3) is 0.345. The van der Waals surface area contributed by atoms with Gasteiger partial charge in [-0.25, -0.2) is 9.18 Å². The van der Waals surface area contributed by atoms with Crippen molar-refractivity contribution in [1.29, 1.82) is 0 Å². The molecular formula is C29H32FN5O3S. The van der Waals surface area contributed by atoms with Gasteiger partial charge in [0.1, 0.15) is 5.82 Å². The lowest BCUT2D eigenvalue weighted by Gasteiger charge is -2.30. The second-order valence-electron chi connectivity index (χ2n) is 9.75. The monoisotopic (exact) mass is 549 g/mol. The van der Waals surface area contributed by atoms with Crippen molar-refractivity contribution in [3.63, 3.8) is 0 Å². The predicted octanol–water partition coefficient (Wildman–Crippen LogP) is 5.51. The molecule has 2 aromatic carbocycles. The predicted molar refractivity (Wildman–Crippen MR) is 152 cm³/mol. The van der Waals surface area contributed by atoms with Crippen molar-refractivity contribution in [3.8, 4) is 0 Å². The number of para-hydroxylation sites is 1. The number of nitrogens with one attached hydrogen (secondary N) is 2. The maximum atomic E-state index is 14.0. The van der Waals surface area contributed by atoms with Crippen LogP contribution in [0.25, 0.3) is 0 Å². The molecule has 3 aromatic rings. The minimum Gasteiger partial charge on any atom is -0.369 e. The third kappa shape index (κ3) is 6.39. The Morgan fingerprint density at radius 2 is 1.56 bits per heavy atom. The summed E-state index contributed by atoms with van der Waals surface area (Å²) in [6.07, 6.45) is 3.76. The van der Waals surface area contributed by atoms with E-state index in [0.29, 0.717) is 61.8 Å². The quantitative estimate of drug-likeness (QED) is 0.440. The van der Waals surface area contributed by atoms with Crippen LogP contribution in [0, 0.1) is 5.82 Å². The lowest BCUT2D eigenvalue weighted by Crippen LogP contribution is -2.39. The maximum Gasteiger partial charge on any atom is 0.321 e. The number of urea groups is 1. The minimum absolute atomic E-state index is 0.0460. The van der Waals surface area contributed by atoms with Crippen molar-refractivity contribution in [3.05, 3.63) is 76.2 Å². The molecule has 8 nitrogen and oxygen atoms in total. The van der Waals surface area contributed by atoms with Gasteiger partial charge in [0, 0.05) is 50.6 Å². The van der Waals surface area contributed by atoms with Crippen LogP contribution in [-0.2, 0) is 0 Å². The number of likely N-dealkylation sites (tertiary alicyclic amines) is 1. The van der Waals surface area contributed by atoms with E-state index in [9.17, 15) is 18.8 Å². The highest BCUT2D eigenvalue weighted by atomic mass is 32.1. The number of anilines is 3. The van der Waals surface area contributed by atoms with Gasteiger partial charge in [-0.05, 0) is 67.5 Å². The Balaban J connectivity index is 1.34. The fourth-order valence-electron chi connectivity index (χ4n) is 5.05. The maximum absolute atomic E-state index is 14.0. The van der Waals surface area contributed by atoms with E-state index in [0.717, 1.165) is 24.9 Å². The summed E-state index contributed by atoms with van der Waals surface area (Å²) in [5, 5.41) is 7.44. The van der Waals surface area contributed by atoms with Crippen LogP contribution >= 0.6 is 11.3 Å². The minimum atomic E-state index is -0.477. The molecule has 0 unspecified atom stereocenters. The first-order valence-corrected chi connectivity index (χ1v) is 14.2. The number of carbonyl (C=O) groups excluding carboxylic acids is 3. The summed E-state index contributed by atoms with van der Waals surface area (Å²) < 4.78 is 14.0. The van der Waals surface area contributed by atoms with Gasteiger partial charge in [0.05, 0.1) is 16.1 Å². The number of rotatable bonds is 5. The molecule has 10 heteroatoms. The SMILES string of the molecule is O=C(Nc1ccc(N2CCCN(C(=O)Nc3ccccc3F)CC2)c(C(=O)N2CCCCC2)c1)c1cccs1. The molecule has 1 aromatic heterocycles. The smallest absolute Gasteiger partial charge is 0.321 e. The Bertz CT molecular complexity index is 1330. The largest absolute Gasteiger partial charge is 0.369 e. The van der Waals surface area contributed by atoms with Crippen LogP contribution < -0.4 is 15.5 Å². The highest BCUT2D eigenvalue weighted by molar-refractivity contribution is 7.12. The standard InChI is InChI=1S/C29H32FN5O3S/c30-23-8-2-3-9-24(23)32-29(38)35-16-7-15-33(17-18-35)25-12-11-21(31-27(36)26-10-6-19-39-26)20-22(25)28(37)34-13-4-1-5-14-34/h2-3,6,8-12,19-20H,1,4-5,7,13-18H2,(H,31,36)(H,32,38). The van der Waals surface area contributed by atoms with Crippen LogP contribution in [0.1, 0.15) is 45.7 Å². The molecule has 0 bridgehead atoms. The Hall–Kier alpha value is -3.92. The lowest BCUT2D eigenvalue weighted by atomic mass is 10.1. The summed E-state index contributed by atoms with van der Waals surface area (Å²) >= 11 is 1.36. The van der Waals surface area contributed by atoms with Gasteiger partial charge in [0.2, 0.25) is 0 Å². The third-order valence-corrected chi connectivity index (χ3v) is 7.98. The summed E-state index contributed by atoms with van der Waals surface area (Å²) in [4.78, 5) is 45.5. The van der Waals surface area contributed by atoms with Gasteiger partial charge in [-0.3, -0.25) is 9.59 Å². The van der Waals surface area contributed by atoms with E-state index in [4.69, 9.17) is 0 Å². The summed E-state index contributed by atoms with van der Waals surface area (Å²) in [5.41, 5.74) is 2.05. The molecule has 5 rings (SSSR count). The van der Waals surface area contributed by atoms with Crippen molar-refractivity contribution < 1.29 is 18.8 Å². The number of thiophene rings is 1. The van der Waals surface area contributed by atoms with E-state index in [2.05, 4.69) is 15.5 Å². The number of hydrogen-bond donors (Lipinski definition) is 2. The van der Waals surface area contributed by atoms with Crippen LogP contribution in [0.5, 0.6) is 0 Å². The summed E-state index contributed by atoms with van der Waals surface area (Å²) in [7, 11) is 0. The molecule has 0 saturated carbocycles. The van der Waals surface area contributed by atoms with Crippen molar-refractivity contribution >= 4 is 46.2 Å². The van der Waals surface area contributed by atoms with Gasteiger partial charge >= 0.3 is 6.03 Å². The van der Waals surface area contributed by atoms with Crippen molar-refractivity contribution in [1.82, 2.24) is 9.80 Å². The molecular weight excluding hydrogens is 517 g/mol. The number of nitrogens with zero attached hydrogens (tertiary/aromatic N) is 3. The van der Waals surface area contributed by atoms with Gasteiger partial charge < -0.3 is 25.3 Å². The van der Waals surface area contributed by atoms with Crippen molar-refractivity contribution in [2.45, 2.75) is 25.7 Å². The molecule has 2 fully saturated rings. The molecule has 2 aliphatic rings. The zero-order valence-electron chi connectivity index (χ0n) is 21.7. The van der Waals surface area contributed by atoms with Crippen LogP contribution in [0.3, 0.4) is 0 Å². The second-order valence-corrected chi connectivity index (χ2v) is 10.7. The first-order chi connectivity index (χ1) is 19.0. The average Bonchev–Trinajstić information content (AvgIpc) is 3.39. The van der Waals surface area contributed by atoms with Crippen molar-refractivity contribution in [2.75, 3.05) is 54.8 Å². The second kappa shape index (κ2) is 12.3. The van der Waals surface area contributed by atoms with E-state index in [1.54, 1.807) is 29.2 Å². The lowest BCUT2D eigenvalue weighted by molar-refractivity contribution is 0.0724. The van der Waals surface area contributed by atoms with Gasteiger partial charge in [-0.1, -0.05) is 18.2 Å². The van der Waals surface area contributed by atoms with Crippen LogP contribution in [0.2, 0.25) is 0 Å². The molecule has 0 radical (unpaired) electrons. The molecule has 0 atom stereocenters. The number of piperidine rings is 1. The summed E-state index contributed by atoms with van der Waals surface area (Å²) in [6.45, 7) is 3.55. The zero-order chi connectivity index (χ0) is 27.2. The normalized spacial score (nSPS) is 16.0. The number of hydrogen-bond acceptors (Lipinski definition) is 5. The molecule has 0 spiro atoms. The molecule has 2 N–H and O–H groups in total. The molecule has 4 amide bonds. The first-order valence-electron chi connectivity index (χ1n) is 13.3. The molecule has 39 heavy (non-hydrogen) atoms. The Kier molecular flexibility index (Phi) is 8.41. The fourth-order valence-corrected chi connectivity index (χ4v) is 5.67. The van der Waals surface area contributed by atoms with Gasteiger partial charge in [-0.15, -0.1) is 11.3 Å². The van der Waals surface area contributed by atoms with E-state index < -0.39 is 5.82 Å². The zero-order valence-corrected chi connectivity index (χ0v) is 22.5. The van der Waals surface area contributed by atoms with E-state index >= 15 is 0 Å². The first kappa shape index (κ1) is 26.7. The Labute approximate surface area is 231 Å². The van der Waals surface area contributed by atoms with Crippen LogP contribution in [0.4, 0.5) is 26.2 Å². The van der Waals surface area contributed by atoms with E-state index in [1.807, 2.05) is 28.5 Å². The third-order valence-electron chi connectivity index (χ3n) is 7.11. The van der Waals surface area contributed by atoms with E-state index in [1.165, 1.54) is 23.5 Å². The summed E-state index contributed by atoms with van der Waals surface area (Å²) in [6, 6.07) is 14.8. The number of amides is 4. The number of halogens is 1. The highest BCUT2D eigenvalue weighted by Gasteiger charge is 2.26.